The Hall–Kier alpha value is -1.39. The standard InChI is InChI=1S/C16H25N3O/c1-2-19(16(13-17)10-6-7-11-16)12-15(20)18-14-8-4-3-5-9-14/h3-5,8-9H,2,6-7,10-13,17H2,1H3,(H,18,20). The van der Waals surface area contributed by atoms with E-state index in [9.17, 15) is 4.79 Å². The summed E-state index contributed by atoms with van der Waals surface area (Å²) >= 11 is 0. The van der Waals surface area contributed by atoms with Crippen LogP contribution in [0.5, 0.6) is 0 Å². The van der Waals surface area contributed by atoms with Crippen molar-refractivity contribution < 1.29 is 4.79 Å². The van der Waals surface area contributed by atoms with Crippen molar-refractivity contribution in [2.45, 2.75) is 38.1 Å². The van der Waals surface area contributed by atoms with E-state index in [1.165, 1.54) is 12.8 Å². The summed E-state index contributed by atoms with van der Waals surface area (Å²) in [4.78, 5) is 14.5. The molecule has 0 bridgehead atoms. The highest BCUT2D eigenvalue weighted by Crippen LogP contribution is 2.34. The van der Waals surface area contributed by atoms with Crippen molar-refractivity contribution >= 4 is 11.6 Å². The molecule has 0 saturated heterocycles. The third kappa shape index (κ3) is 3.38. The van der Waals surface area contributed by atoms with Crippen molar-refractivity contribution in [3.8, 4) is 0 Å². The van der Waals surface area contributed by atoms with E-state index >= 15 is 0 Å². The zero-order valence-electron chi connectivity index (χ0n) is 12.3. The first-order valence-electron chi connectivity index (χ1n) is 7.50. The highest BCUT2D eigenvalue weighted by atomic mass is 16.2. The van der Waals surface area contributed by atoms with Crippen molar-refractivity contribution in [2.24, 2.45) is 5.73 Å². The number of nitrogens with zero attached hydrogens (tertiary/aromatic N) is 1. The summed E-state index contributed by atoms with van der Waals surface area (Å²) in [5, 5.41) is 2.95. The van der Waals surface area contributed by atoms with Gasteiger partial charge in [0.05, 0.1) is 6.54 Å². The van der Waals surface area contributed by atoms with Gasteiger partial charge in [0.25, 0.3) is 0 Å². The number of carbonyl (C=O) groups excluding carboxylic acids is 1. The van der Waals surface area contributed by atoms with Crippen molar-refractivity contribution in [2.75, 3.05) is 25.0 Å². The number of hydrogen-bond acceptors (Lipinski definition) is 3. The number of hydrogen-bond donors (Lipinski definition) is 2. The first-order chi connectivity index (χ1) is 9.70. The molecule has 0 heterocycles. The highest BCUT2D eigenvalue weighted by molar-refractivity contribution is 5.92. The normalized spacial score (nSPS) is 17.4. The number of amides is 1. The maximum absolute atomic E-state index is 12.2. The fourth-order valence-electron chi connectivity index (χ4n) is 3.19. The Balaban J connectivity index is 1.97. The van der Waals surface area contributed by atoms with Crippen LogP contribution in [-0.2, 0) is 4.79 Å². The van der Waals surface area contributed by atoms with Gasteiger partial charge in [-0.3, -0.25) is 9.69 Å². The van der Waals surface area contributed by atoms with Crippen LogP contribution >= 0.6 is 0 Å². The number of benzene rings is 1. The minimum atomic E-state index is 0.0305. The van der Waals surface area contributed by atoms with Gasteiger partial charge in [-0.1, -0.05) is 38.0 Å². The van der Waals surface area contributed by atoms with E-state index in [1.54, 1.807) is 0 Å². The van der Waals surface area contributed by atoms with Crippen LogP contribution in [0.2, 0.25) is 0 Å². The monoisotopic (exact) mass is 275 g/mol. The summed E-state index contributed by atoms with van der Waals surface area (Å²) < 4.78 is 0. The summed E-state index contributed by atoms with van der Waals surface area (Å²) in [6, 6.07) is 9.60. The number of nitrogens with two attached hydrogens (primary N) is 1. The Morgan fingerprint density at radius 2 is 1.95 bits per heavy atom. The lowest BCUT2D eigenvalue weighted by Gasteiger charge is -2.39. The SMILES string of the molecule is CCN(CC(=O)Nc1ccccc1)C1(CN)CCCC1. The van der Waals surface area contributed by atoms with Gasteiger partial charge in [-0.2, -0.15) is 0 Å². The van der Waals surface area contributed by atoms with Crippen LogP contribution in [0, 0.1) is 0 Å². The first-order valence-corrected chi connectivity index (χ1v) is 7.50. The number of anilines is 1. The van der Waals surface area contributed by atoms with Crippen LogP contribution in [0.15, 0.2) is 30.3 Å². The average molecular weight is 275 g/mol. The molecule has 1 aliphatic carbocycles. The molecule has 1 fully saturated rings. The maximum atomic E-state index is 12.2. The molecule has 0 atom stereocenters. The van der Waals surface area contributed by atoms with E-state index in [4.69, 9.17) is 5.73 Å². The van der Waals surface area contributed by atoms with E-state index in [2.05, 4.69) is 17.1 Å². The van der Waals surface area contributed by atoms with E-state index < -0.39 is 0 Å². The van der Waals surface area contributed by atoms with E-state index in [1.807, 2.05) is 30.3 Å². The van der Waals surface area contributed by atoms with E-state index in [-0.39, 0.29) is 11.4 Å². The first kappa shape index (κ1) is 15.0. The van der Waals surface area contributed by atoms with Gasteiger partial charge in [-0.15, -0.1) is 0 Å². The van der Waals surface area contributed by atoms with Gasteiger partial charge in [0.1, 0.15) is 0 Å². The number of likely N-dealkylation sites (N-methyl/N-ethyl adjacent to an activating group) is 1. The molecule has 3 N–H and O–H groups in total. The lowest BCUT2D eigenvalue weighted by molar-refractivity contribution is -0.118. The highest BCUT2D eigenvalue weighted by Gasteiger charge is 2.38. The van der Waals surface area contributed by atoms with Gasteiger partial charge < -0.3 is 11.1 Å². The van der Waals surface area contributed by atoms with Crippen LogP contribution < -0.4 is 11.1 Å². The fourth-order valence-corrected chi connectivity index (χ4v) is 3.19. The molecule has 20 heavy (non-hydrogen) atoms. The van der Waals surface area contributed by atoms with Gasteiger partial charge in [0.2, 0.25) is 5.91 Å². The van der Waals surface area contributed by atoms with Crippen LogP contribution in [0.1, 0.15) is 32.6 Å². The van der Waals surface area contributed by atoms with Crippen molar-refractivity contribution in [3.63, 3.8) is 0 Å². The van der Waals surface area contributed by atoms with Crippen LogP contribution in [0.25, 0.3) is 0 Å². The number of nitrogens with one attached hydrogen (secondary N) is 1. The molecule has 110 valence electrons. The van der Waals surface area contributed by atoms with E-state index in [0.29, 0.717) is 13.1 Å². The molecule has 1 amide bonds. The maximum Gasteiger partial charge on any atom is 0.238 e. The number of rotatable bonds is 6. The van der Waals surface area contributed by atoms with Gasteiger partial charge in [0, 0.05) is 17.8 Å². The minimum Gasteiger partial charge on any atom is -0.329 e. The molecular weight excluding hydrogens is 250 g/mol. The third-order valence-corrected chi connectivity index (χ3v) is 4.36. The third-order valence-electron chi connectivity index (χ3n) is 4.36. The fraction of sp³-hybridized carbons (Fsp3) is 0.562. The molecule has 0 spiro atoms. The largest absolute Gasteiger partial charge is 0.329 e. The molecule has 0 aromatic heterocycles. The zero-order valence-corrected chi connectivity index (χ0v) is 12.3. The van der Waals surface area contributed by atoms with E-state index in [0.717, 1.165) is 25.1 Å². The topological polar surface area (TPSA) is 58.4 Å². The summed E-state index contributed by atoms with van der Waals surface area (Å²) in [6.07, 6.45) is 4.65. The second-order valence-corrected chi connectivity index (χ2v) is 5.56. The molecule has 2 rings (SSSR count). The minimum absolute atomic E-state index is 0.0305. The molecule has 1 saturated carbocycles. The molecule has 4 nitrogen and oxygen atoms in total. The Kier molecular flexibility index (Phi) is 5.15. The molecule has 0 aliphatic heterocycles. The van der Waals surface area contributed by atoms with Crippen LogP contribution in [0.3, 0.4) is 0 Å². The predicted molar refractivity (Wildman–Crippen MR) is 82.6 cm³/mol. The van der Waals surface area contributed by atoms with Gasteiger partial charge in [-0.25, -0.2) is 0 Å². The molecule has 0 unspecified atom stereocenters. The smallest absolute Gasteiger partial charge is 0.238 e. The van der Waals surface area contributed by atoms with Gasteiger partial charge >= 0.3 is 0 Å². The number of carbonyl (C=O) groups is 1. The van der Waals surface area contributed by atoms with Crippen molar-refractivity contribution in [3.05, 3.63) is 30.3 Å². The summed E-state index contributed by atoms with van der Waals surface area (Å²) in [5.74, 6) is 0.0396. The molecule has 1 aliphatic rings. The second-order valence-electron chi connectivity index (χ2n) is 5.56. The zero-order chi connectivity index (χ0) is 14.4. The molecular formula is C16H25N3O. The lowest BCUT2D eigenvalue weighted by Crippen LogP contribution is -2.54. The summed E-state index contributed by atoms with van der Waals surface area (Å²) in [7, 11) is 0. The Labute approximate surface area is 121 Å². The van der Waals surface area contributed by atoms with Crippen molar-refractivity contribution in [1.82, 2.24) is 4.90 Å². The quantitative estimate of drug-likeness (QED) is 0.837. The average Bonchev–Trinajstić information content (AvgIpc) is 2.96. The molecule has 1 aromatic carbocycles. The second kappa shape index (κ2) is 6.86. The molecule has 1 aromatic rings. The molecule has 0 radical (unpaired) electrons. The Morgan fingerprint density at radius 1 is 1.30 bits per heavy atom. The van der Waals surface area contributed by atoms with Gasteiger partial charge in [0.15, 0.2) is 0 Å². The Morgan fingerprint density at radius 3 is 2.50 bits per heavy atom. The molecule has 4 heteroatoms. The van der Waals surface area contributed by atoms with Crippen LogP contribution in [0.4, 0.5) is 5.69 Å². The predicted octanol–water partition coefficient (Wildman–Crippen LogP) is 2.22. The lowest BCUT2D eigenvalue weighted by atomic mass is 9.95. The number of para-hydroxylation sites is 1. The van der Waals surface area contributed by atoms with Crippen molar-refractivity contribution in [1.29, 1.82) is 0 Å². The summed E-state index contributed by atoms with van der Waals surface area (Å²) in [5.41, 5.74) is 6.88. The van der Waals surface area contributed by atoms with Gasteiger partial charge in [-0.05, 0) is 31.5 Å². The Bertz CT molecular complexity index is 427. The van der Waals surface area contributed by atoms with Crippen LogP contribution in [-0.4, -0.2) is 36.0 Å². The summed E-state index contributed by atoms with van der Waals surface area (Å²) in [6.45, 7) is 4.02.